The summed E-state index contributed by atoms with van der Waals surface area (Å²) in [6, 6.07) is 3.50. The Morgan fingerprint density at radius 1 is 1.39 bits per heavy atom. The average molecular weight is 371 g/mol. The standard InChI is InChI=1S/C11H7BrCl3NO2/c1-18-5-2-7(12)9-6(4-16-8(9)3-5)10(17)11(13,14)15/h2-4,16H,1H3. The van der Waals surface area contributed by atoms with Crippen LogP contribution in [-0.4, -0.2) is 21.7 Å². The number of H-pyrrole nitrogens is 1. The molecule has 0 amide bonds. The summed E-state index contributed by atoms with van der Waals surface area (Å²) < 4.78 is 3.84. The monoisotopic (exact) mass is 369 g/mol. The summed E-state index contributed by atoms with van der Waals surface area (Å²) in [5.41, 5.74) is 1.04. The van der Waals surface area contributed by atoms with E-state index in [9.17, 15) is 4.79 Å². The zero-order valence-corrected chi connectivity index (χ0v) is 12.9. The van der Waals surface area contributed by atoms with Gasteiger partial charge in [0.05, 0.1) is 12.6 Å². The van der Waals surface area contributed by atoms with Crippen molar-refractivity contribution in [2.75, 3.05) is 7.11 Å². The lowest BCUT2D eigenvalue weighted by molar-refractivity contribution is 0.0998. The minimum Gasteiger partial charge on any atom is -0.497 e. The van der Waals surface area contributed by atoms with Gasteiger partial charge in [0, 0.05) is 27.7 Å². The smallest absolute Gasteiger partial charge is 0.253 e. The highest BCUT2D eigenvalue weighted by molar-refractivity contribution is 9.10. The lowest BCUT2D eigenvalue weighted by Crippen LogP contribution is -2.18. The van der Waals surface area contributed by atoms with Crippen molar-refractivity contribution in [1.29, 1.82) is 0 Å². The van der Waals surface area contributed by atoms with Gasteiger partial charge in [0.2, 0.25) is 5.78 Å². The molecule has 18 heavy (non-hydrogen) atoms. The number of benzene rings is 1. The topological polar surface area (TPSA) is 42.1 Å². The van der Waals surface area contributed by atoms with Crippen LogP contribution < -0.4 is 4.74 Å². The number of halogens is 4. The minimum atomic E-state index is -1.98. The molecule has 2 aromatic rings. The van der Waals surface area contributed by atoms with Gasteiger partial charge in [-0.3, -0.25) is 4.79 Å². The van der Waals surface area contributed by atoms with Gasteiger partial charge in [0.15, 0.2) is 0 Å². The molecule has 0 unspecified atom stereocenters. The molecule has 3 nitrogen and oxygen atoms in total. The van der Waals surface area contributed by atoms with Crippen LogP contribution in [0, 0.1) is 0 Å². The lowest BCUT2D eigenvalue weighted by Gasteiger charge is -2.09. The van der Waals surface area contributed by atoms with E-state index in [2.05, 4.69) is 20.9 Å². The first-order valence-electron chi connectivity index (χ1n) is 4.80. The molecule has 1 heterocycles. The third-order valence-corrected chi connectivity index (χ3v) is 3.58. The molecule has 1 aromatic heterocycles. The molecule has 0 aliphatic carbocycles. The Morgan fingerprint density at radius 3 is 2.61 bits per heavy atom. The first-order chi connectivity index (χ1) is 8.34. The first-order valence-corrected chi connectivity index (χ1v) is 6.73. The molecule has 0 spiro atoms. The molecule has 0 radical (unpaired) electrons. The maximum atomic E-state index is 12.0. The predicted molar refractivity (Wildman–Crippen MR) is 77.2 cm³/mol. The molecule has 7 heteroatoms. The lowest BCUT2D eigenvalue weighted by atomic mass is 10.1. The SMILES string of the molecule is COc1cc(Br)c2c(C(=O)C(Cl)(Cl)Cl)c[nH]c2c1. The van der Waals surface area contributed by atoms with Crippen LogP contribution in [0.5, 0.6) is 5.75 Å². The second kappa shape index (κ2) is 4.93. The normalized spacial score (nSPS) is 11.8. The van der Waals surface area contributed by atoms with Gasteiger partial charge in [-0.1, -0.05) is 34.8 Å². The number of alkyl halides is 3. The minimum absolute atomic E-state index is 0.319. The number of ether oxygens (including phenoxy) is 1. The number of carbonyl (C=O) groups excluding carboxylic acids is 1. The summed E-state index contributed by atoms with van der Waals surface area (Å²) >= 11 is 20.2. The van der Waals surface area contributed by atoms with E-state index in [0.29, 0.717) is 21.2 Å². The van der Waals surface area contributed by atoms with Crippen molar-refractivity contribution in [2.24, 2.45) is 0 Å². The Morgan fingerprint density at radius 2 is 2.06 bits per heavy atom. The molecule has 1 N–H and O–H groups in total. The summed E-state index contributed by atoms with van der Waals surface area (Å²) in [6.45, 7) is 0. The van der Waals surface area contributed by atoms with Crippen molar-refractivity contribution >= 4 is 67.4 Å². The fourth-order valence-corrected chi connectivity index (χ4v) is 2.60. The summed E-state index contributed by atoms with van der Waals surface area (Å²) in [4.78, 5) is 14.9. The highest BCUT2D eigenvalue weighted by atomic mass is 79.9. The van der Waals surface area contributed by atoms with E-state index >= 15 is 0 Å². The Labute approximate surface area is 126 Å². The van der Waals surface area contributed by atoms with E-state index in [0.717, 1.165) is 5.52 Å². The average Bonchev–Trinajstić information content (AvgIpc) is 2.70. The number of fused-ring (bicyclic) bond motifs is 1. The van der Waals surface area contributed by atoms with Gasteiger partial charge in [0.25, 0.3) is 3.79 Å². The van der Waals surface area contributed by atoms with Crippen LogP contribution >= 0.6 is 50.7 Å². The second-order valence-corrected chi connectivity index (χ2v) is 6.70. The number of methoxy groups -OCH3 is 1. The maximum Gasteiger partial charge on any atom is 0.253 e. The van der Waals surface area contributed by atoms with E-state index in [1.54, 1.807) is 19.2 Å². The van der Waals surface area contributed by atoms with Crippen LogP contribution in [0.25, 0.3) is 10.9 Å². The summed E-state index contributed by atoms with van der Waals surface area (Å²) in [5.74, 6) is 0.0775. The van der Waals surface area contributed by atoms with E-state index in [1.165, 1.54) is 6.20 Å². The van der Waals surface area contributed by atoms with Crippen LogP contribution in [0.3, 0.4) is 0 Å². The molecular weight excluding hydrogens is 364 g/mol. The highest BCUT2D eigenvalue weighted by Gasteiger charge is 2.33. The number of aromatic amines is 1. The van der Waals surface area contributed by atoms with Gasteiger partial charge < -0.3 is 9.72 Å². The van der Waals surface area contributed by atoms with Crippen molar-refractivity contribution in [3.8, 4) is 5.75 Å². The summed E-state index contributed by atoms with van der Waals surface area (Å²) in [7, 11) is 1.56. The molecular formula is C11H7BrCl3NO2. The third-order valence-electron chi connectivity index (χ3n) is 2.44. The fourth-order valence-electron chi connectivity index (χ4n) is 1.64. The molecule has 96 valence electrons. The number of hydrogen-bond acceptors (Lipinski definition) is 2. The Balaban J connectivity index is 2.65. The molecule has 0 aliphatic heterocycles. The number of hydrogen-bond donors (Lipinski definition) is 1. The van der Waals surface area contributed by atoms with Crippen LogP contribution in [0.1, 0.15) is 10.4 Å². The molecule has 0 bridgehead atoms. The van der Waals surface area contributed by atoms with E-state index in [4.69, 9.17) is 39.5 Å². The largest absolute Gasteiger partial charge is 0.497 e. The van der Waals surface area contributed by atoms with Crippen LogP contribution in [0.2, 0.25) is 0 Å². The number of ketones is 1. The molecule has 0 saturated carbocycles. The van der Waals surface area contributed by atoms with E-state index in [1.807, 2.05) is 0 Å². The van der Waals surface area contributed by atoms with E-state index in [-0.39, 0.29) is 0 Å². The van der Waals surface area contributed by atoms with Crippen LogP contribution in [0.4, 0.5) is 0 Å². The number of nitrogens with one attached hydrogen (secondary N) is 1. The van der Waals surface area contributed by atoms with Crippen molar-refractivity contribution in [3.63, 3.8) is 0 Å². The Kier molecular flexibility index (Phi) is 3.83. The van der Waals surface area contributed by atoms with Crippen molar-refractivity contribution < 1.29 is 9.53 Å². The van der Waals surface area contributed by atoms with Gasteiger partial charge in [-0.25, -0.2) is 0 Å². The number of Topliss-reactive ketones (excluding diaryl/α,β-unsaturated/α-hetero) is 1. The highest BCUT2D eigenvalue weighted by Crippen LogP contribution is 2.37. The van der Waals surface area contributed by atoms with Gasteiger partial charge in [-0.15, -0.1) is 0 Å². The van der Waals surface area contributed by atoms with Crippen molar-refractivity contribution in [3.05, 3.63) is 28.4 Å². The van der Waals surface area contributed by atoms with Gasteiger partial charge in [-0.2, -0.15) is 0 Å². The van der Waals surface area contributed by atoms with Gasteiger partial charge in [0.1, 0.15) is 5.75 Å². The van der Waals surface area contributed by atoms with Crippen LogP contribution in [-0.2, 0) is 0 Å². The molecule has 0 saturated heterocycles. The maximum absolute atomic E-state index is 12.0. The van der Waals surface area contributed by atoms with E-state index < -0.39 is 9.58 Å². The Bertz CT molecular complexity index is 619. The molecule has 0 atom stereocenters. The number of aromatic nitrogens is 1. The molecule has 0 fully saturated rings. The quantitative estimate of drug-likeness (QED) is 0.624. The number of carbonyl (C=O) groups is 1. The molecule has 2 rings (SSSR count). The first kappa shape index (κ1) is 14.0. The molecule has 1 aromatic carbocycles. The Hall–Kier alpha value is -0.420. The zero-order valence-electron chi connectivity index (χ0n) is 9.06. The van der Waals surface area contributed by atoms with Crippen molar-refractivity contribution in [2.45, 2.75) is 3.79 Å². The predicted octanol–water partition coefficient (Wildman–Crippen LogP) is 4.49. The summed E-state index contributed by atoms with van der Waals surface area (Å²) in [5, 5.41) is 0.659. The number of rotatable bonds is 2. The van der Waals surface area contributed by atoms with Crippen molar-refractivity contribution in [1.82, 2.24) is 4.98 Å². The fraction of sp³-hybridized carbons (Fsp3) is 0.182. The summed E-state index contributed by atoms with van der Waals surface area (Å²) in [6.07, 6.45) is 1.51. The van der Waals surface area contributed by atoms with Crippen LogP contribution in [0.15, 0.2) is 22.8 Å². The molecule has 0 aliphatic rings. The van der Waals surface area contributed by atoms with Gasteiger partial charge >= 0.3 is 0 Å². The van der Waals surface area contributed by atoms with Gasteiger partial charge in [-0.05, 0) is 22.0 Å². The second-order valence-electron chi connectivity index (χ2n) is 3.56. The zero-order chi connectivity index (χ0) is 13.5. The third kappa shape index (κ3) is 2.48.